The van der Waals surface area contributed by atoms with Crippen LogP contribution in [0.25, 0.3) is 0 Å². The first-order valence-corrected chi connectivity index (χ1v) is 10.2. The fourth-order valence-electron chi connectivity index (χ4n) is 3.66. The molecule has 0 saturated carbocycles. The van der Waals surface area contributed by atoms with Gasteiger partial charge in [-0.2, -0.15) is 0 Å². The standard InChI is InChI=1S/C22H30N2OS/c1-14-9-17(24-8-7-19-18(12-24)16(3)13-26-19)10-15(2)21(14)23-20(25)11-22(4,5)6/h9-10,13H,7-8,11-12H2,1-6H3,(H,23,25). The molecule has 4 heteroatoms. The molecule has 0 radical (unpaired) electrons. The van der Waals surface area contributed by atoms with E-state index in [-0.39, 0.29) is 11.3 Å². The summed E-state index contributed by atoms with van der Waals surface area (Å²) in [7, 11) is 0. The van der Waals surface area contributed by atoms with Gasteiger partial charge in [0.25, 0.3) is 0 Å². The molecule has 0 unspecified atom stereocenters. The molecule has 140 valence electrons. The highest BCUT2D eigenvalue weighted by Gasteiger charge is 2.21. The fourth-order valence-corrected chi connectivity index (χ4v) is 4.70. The topological polar surface area (TPSA) is 32.3 Å². The Balaban J connectivity index is 1.80. The molecule has 1 aliphatic heterocycles. The van der Waals surface area contributed by atoms with Crippen LogP contribution in [0.15, 0.2) is 17.5 Å². The van der Waals surface area contributed by atoms with Crippen molar-refractivity contribution in [3.63, 3.8) is 0 Å². The maximum absolute atomic E-state index is 12.3. The number of hydrogen-bond donors (Lipinski definition) is 1. The summed E-state index contributed by atoms with van der Waals surface area (Å²) in [5.74, 6) is 0.0907. The fraction of sp³-hybridized carbons (Fsp3) is 0.500. The third-order valence-corrected chi connectivity index (χ3v) is 6.19. The van der Waals surface area contributed by atoms with E-state index in [2.05, 4.69) is 69.3 Å². The molecule has 0 fully saturated rings. The Kier molecular flexibility index (Phi) is 5.16. The van der Waals surface area contributed by atoms with Gasteiger partial charge in [-0.05, 0) is 72.4 Å². The minimum absolute atomic E-state index is 0.00423. The van der Waals surface area contributed by atoms with Crippen LogP contribution in [0, 0.1) is 26.2 Å². The minimum Gasteiger partial charge on any atom is -0.367 e. The van der Waals surface area contributed by atoms with Crippen molar-refractivity contribution in [3.8, 4) is 0 Å². The quantitative estimate of drug-likeness (QED) is 0.761. The summed E-state index contributed by atoms with van der Waals surface area (Å²) < 4.78 is 0. The summed E-state index contributed by atoms with van der Waals surface area (Å²) in [6.45, 7) is 14.7. The first-order chi connectivity index (χ1) is 12.1. The number of aryl methyl sites for hydroxylation is 3. The molecular weight excluding hydrogens is 340 g/mol. The van der Waals surface area contributed by atoms with Crippen LogP contribution in [0.3, 0.4) is 0 Å². The van der Waals surface area contributed by atoms with Crippen molar-refractivity contribution in [2.24, 2.45) is 5.41 Å². The van der Waals surface area contributed by atoms with E-state index in [9.17, 15) is 4.79 Å². The van der Waals surface area contributed by atoms with Crippen LogP contribution in [-0.4, -0.2) is 12.5 Å². The second-order valence-electron chi connectivity index (χ2n) is 8.73. The SMILES string of the molecule is Cc1csc2c1CN(c1cc(C)c(NC(=O)CC(C)(C)C)c(C)c1)CC2. The summed E-state index contributed by atoms with van der Waals surface area (Å²) in [5.41, 5.74) is 7.39. The second-order valence-corrected chi connectivity index (χ2v) is 9.70. The summed E-state index contributed by atoms with van der Waals surface area (Å²) in [6.07, 6.45) is 1.65. The van der Waals surface area contributed by atoms with Crippen LogP contribution in [0.2, 0.25) is 0 Å². The van der Waals surface area contributed by atoms with Gasteiger partial charge in [0.15, 0.2) is 0 Å². The normalized spacial score (nSPS) is 14.3. The first-order valence-electron chi connectivity index (χ1n) is 9.36. The highest BCUT2D eigenvalue weighted by Crippen LogP contribution is 2.34. The summed E-state index contributed by atoms with van der Waals surface area (Å²) >= 11 is 1.90. The Hall–Kier alpha value is -1.81. The van der Waals surface area contributed by atoms with E-state index in [0.717, 1.165) is 36.3 Å². The maximum atomic E-state index is 12.3. The minimum atomic E-state index is -0.00423. The highest BCUT2D eigenvalue weighted by atomic mass is 32.1. The van der Waals surface area contributed by atoms with Crippen LogP contribution in [0.4, 0.5) is 11.4 Å². The third kappa shape index (κ3) is 4.12. The smallest absolute Gasteiger partial charge is 0.224 e. The lowest BCUT2D eigenvalue weighted by Crippen LogP contribution is -2.30. The average molecular weight is 371 g/mol. The molecule has 1 aromatic carbocycles. The molecular formula is C22H30N2OS. The van der Waals surface area contributed by atoms with E-state index in [1.54, 1.807) is 4.88 Å². The van der Waals surface area contributed by atoms with Crippen LogP contribution < -0.4 is 10.2 Å². The predicted molar refractivity (Wildman–Crippen MR) is 112 cm³/mol. The van der Waals surface area contributed by atoms with Crippen molar-refractivity contribution in [1.29, 1.82) is 0 Å². The number of benzene rings is 1. The van der Waals surface area contributed by atoms with Crippen LogP contribution in [0.5, 0.6) is 0 Å². The first kappa shape index (κ1) is 19.0. The van der Waals surface area contributed by atoms with Crippen molar-refractivity contribution in [3.05, 3.63) is 44.6 Å². The second kappa shape index (κ2) is 7.07. The summed E-state index contributed by atoms with van der Waals surface area (Å²) in [5, 5.41) is 5.41. The van der Waals surface area contributed by atoms with Crippen molar-refractivity contribution in [2.45, 2.75) is 60.9 Å². The number of carbonyl (C=O) groups excluding carboxylic acids is 1. The zero-order valence-electron chi connectivity index (χ0n) is 16.8. The monoisotopic (exact) mass is 370 g/mol. The number of anilines is 2. The van der Waals surface area contributed by atoms with Gasteiger partial charge in [-0.3, -0.25) is 4.79 Å². The van der Waals surface area contributed by atoms with E-state index >= 15 is 0 Å². The number of amides is 1. The number of nitrogens with zero attached hydrogens (tertiary/aromatic N) is 1. The lowest BCUT2D eigenvalue weighted by molar-refractivity contribution is -0.117. The zero-order valence-corrected chi connectivity index (χ0v) is 17.6. The number of fused-ring (bicyclic) bond motifs is 1. The van der Waals surface area contributed by atoms with Gasteiger partial charge in [0.2, 0.25) is 5.91 Å². The molecule has 26 heavy (non-hydrogen) atoms. The molecule has 1 aromatic heterocycles. The molecule has 0 bridgehead atoms. The molecule has 3 nitrogen and oxygen atoms in total. The van der Waals surface area contributed by atoms with Gasteiger partial charge in [0.1, 0.15) is 0 Å². The van der Waals surface area contributed by atoms with E-state index in [4.69, 9.17) is 0 Å². The molecule has 2 aromatic rings. The van der Waals surface area contributed by atoms with E-state index in [0.29, 0.717) is 6.42 Å². The highest BCUT2D eigenvalue weighted by molar-refractivity contribution is 7.10. The van der Waals surface area contributed by atoms with Gasteiger partial charge in [0.05, 0.1) is 0 Å². The predicted octanol–water partition coefficient (Wildman–Crippen LogP) is 5.61. The molecule has 0 saturated heterocycles. The van der Waals surface area contributed by atoms with E-state index in [1.807, 2.05) is 11.3 Å². The van der Waals surface area contributed by atoms with Crippen molar-refractivity contribution >= 4 is 28.6 Å². The largest absolute Gasteiger partial charge is 0.367 e. The van der Waals surface area contributed by atoms with Crippen LogP contribution >= 0.6 is 11.3 Å². The van der Waals surface area contributed by atoms with Gasteiger partial charge in [-0.1, -0.05) is 20.8 Å². The van der Waals surface area contributed by atoms with E-state index in [1.165, 1.54) is 16.8 Å². The Morgan fingerprint density at radius 2 is 1.81 bits per heavy atom. The van der Waals surface area contributed by atoms with Crippen LogP contribution in [0.1, 0.15) is 54.3 Å². The molecule has 0 atom stereocenters. The van der Waals surface area contributed by atoms with Crippen molar-refractivity contribution in [1.82, 2.24) is 0 Å². The Morgan fingerprint density at radius 3 is 2.42 bits per heavy atom. The van der Waals surface area contributed by atoms with Gasteiger partial charge < -0.3 is 10.2 Å². The number of nitrogens with one attached hydrogen (secondary N) is 1. The van der Waals surface area contributed by atoms with Gasteiger partial charge in [-0.25, -0.2) is 0 Å². The molecule has 1 aliphatic rings. The van der Waals surface area contributed by atoms with Crippen molar-refractivity contribution < 1.29 is 4.79 Å². The maximum Gasteiger partial charge on any atom is 0.224 e. The van der Waals surface area contributed by atoms with Crippen LogP contribution in [-0.2, 0) is 17.8 Å². The summed E-state index contributed by atoms with van der Waals surface area (Å²) in [4.78, 5) is 16.3. The van der Waals surface area contributed by atoms with E-state index < -0.39 is 0 Å². The average Bonchev–Trinajstić information content (AvgIpc) is 2.90. The Bertz CT molecular complexity index is 806. The Morgan fingerprint density at radius 1 is 1.15 bits per heavy atom. The van der Waals surface area contributed by atoms with Crippen molar-refractivity contribution in [2.75, 3.05) is 16.8 Å². The number of hydrogen-bond acceptors (Lipinski definition) is 3. The number of thiophene rings is 1. The number of carbonyl (C=O) groups is 1. The van der Waals surface area contributed by atoms with Gasteiger partial charge >= 0.3 is 0 Å². The van der Waals surface area contributed by atoms with Gasteiger partial charge in [0, 0.05) is 35.8 Å². The number of rotatable bonds is 3. The zero-order chi connectivity index (χ0) is 19.1. The molecule has 3 rings (SSSR count). The lowest BCUT2D eigenvalue weighted by Gasteiger charge is -2.31. The molecule has 0 aliphatic carbocycles. The van der Waals surface area contributed by atoms with Gasteiger partial charge in [-0.15, -0.1) is 11.3 Å². The Labute approximate surface area is 161 Å². The lowest BCUT2D eigenvalue weighted by atomic mass is 9.92. The molecule has 0 spiro atoms. The third-order valence-electron chi connectivity index (χ3n) is 4.99. The molecule has 2 heterocycles. The molecule has 1 amide bonds. The molecule has 1 N–H and O–H groups in total. The summed E-state index contributed by atoms with van der Waals surface area (Å²) in [6, 6.07) is 4.43.